The van der Waals surface area contributed by atoms with Crippen LogP contribution >= 0.6 is 11.6 Å². The summed E-state index contributed by atoms with van der Waals surface area (Å²) < 4.78 is 7.09. The molecule has 0 radical (unpaired) electrons. The first kappa shape index (κ1) is 14.1. The molecule has 6 heteroatoms. The van der Waals surface area contributed by atoms with Gasteiger partial charge >= 0.3 is 0 Å². The summed E-state index contributed by atoms with van der Waals surface area (Å²) in [4.78, 5) is 2.12. The Labute approximate surface area is 118 Å². The predicted octanol–water partition coefficient (Wildman–Crippen LogP) is 2.00. The molecule has 0 amide bonds. The Bertz CT molecular complexity index is 507. The van der Waals surface area contributed by atoms with Crippen molar-refractivity contribution in [3.8, 4) is 0 Å². The molecule has 0 aromatic carbocycles. The molecule has 0 saturated carbocycles. The number of hydrogen-bond acceptors (Lipinski definition) is 4. The third-order valence-corrected chi connectivity index (χ3v) is 3.32. The summed E-state index contributed by atoms with van der Waals surface area (Å²) in [6.45, 7) is 1.71. The van der Waals surface area contributed by atoms with Gasteiger partial charge in [-0.3, -0.25) is 4.68 Å². The van der Waals surface area contributed by atoms with Crippen molar-refractivity contribution >= 4 is 11.6 Å². The summed E-state index contributed by atoms with van der Waals surface area (Å²) >= 11 is 6.28. The summed E-state index contributed by atoms with van der Waals surface area (Å²) in [7, 11) is 5.98. The van der Waals surface area contributed by atoms with Crippen LogP contribution in [-0.2, 0) is 6.54 Å². The zero-order valence-electron chi connectivity index (χ0n) is 11.4. The number of likely N-dealkylation sites (N-methyl/N-ethyl adjacent to an activating group) is 1. The molecule has 2 heterocycles. The quantitative estimate of drug-likeness (QED) is 0.880. The fourth-order valence-corrected chi connectivity index (χ4v) is 2.28. The first-order valence-corrected chi connectivity index (χ1v) is 6.56. The molecule has 104 valence electrons. The first-order valence-electron chi connectivity index (χ1n) is 6.18. The Balaban J connectivity index is 2.29. The minimum atomic E-state index is -0.0177. The van der Waals surface area contributed by atoms with Crippen molar-refractivity contribution in [2.24, 2.45) is 0 Å². The van der Waals surface area contributed by atoms with Gasteiger partial charge in [0, 0.05) is 12.1 Å². The van der Waals surface area contributed by atoms with Gasteiger partial charge < -0.3 is 14.6 Å². The molecule has 2 aromatic heterocycles. The van der Waals surface area contributed by atoms with Gasteiger partial charge in [-0.15, -0.1) is 0 Å². The molecular weight excluding hydrogens is 264 g/mol. The van der Waals surface area contributed by atoms with Gasteiger partial charge in [0.15, 0.2) is 0 Å². The number of aromatic nitrogens is 2. The van der Waals surface area contributed by atoms with Crippen molar-refractivity contribution in [3.05, 3.63) is 41.1 Å². The second-order valence-corrected chi connectivity index (χ2v) is 5.09. The number of furan rings is 1. The molecule has 1 unspecified atom stereocenters. The predicted molar refractivity (Wildman–Crippen MR) is 75.4 cm³/mol. The van der Waals surface area contributed by atoms with Gasteiger partial charge in [-0.1, -0.05) is 11.6 Å². The molecule has 1 N–H and O–H groups in total. The maximum Gasteiger partial charge on any atom is 0.0954 e. The van der Waals surface area contributed by atoms with Crippen LogP contribution in [0.2, 0.25) is 5.02 Å². The van der Waals surface area contributed by atoms with Crippen LogP contribution in [0.5, 0.6) is 0 Å². The van der Waals surface area contributed by atoms with Crippen LogP contribution in [0.15, 0.2) is 29.2 Å². The van der Waals surface area contributed by atoms with E-state index in [-0.39, 0.29) is 6.04 Å². The topological polar surface area (TPSA) is 46.2 Å². The maximum absolute atomic E-state index is 6.28. The van der Waals surface area contributed by atoms with Crippen molar-refractivity contribution < 1.29 is 4.42 Å². The SMILES string of the molecule is CNC(c1ccoc1)c1c(Cl)cnn1CCN(C)C. The fourth-order valence-electron chi connectivity index (χ4n) is 2.03. The van der Waals surface area contributed by atoms with E-state index in [0.29, 0.717) is 5.02 Å². The highest BCUT2D eigenvalue weighted by molar-refractivity contribution is 6.31. The highest BCUT2D eigenvalue weighted by Crippen LogP contribution is 2.28. The normalized spacial score (nSPS) is 13.1. The van der Waals surface area contributed by atoms with Gasteiger partial charge in [0.2, 0.25) is 0 Å². The average molecular weight is 283 g/mol. The minimum absolute atomic E-state index is 0.0177. The fraction of sp³-hybridized carbons (Fsp3) is 0.462. The highest BCUT2D eigenvalue weighted by atomic mass is 35.5. The Morgan fingerprint density at radius 2 is 2.32 bits per heavy atom. The largest absolute Gasteiger partial charge is 0.472 e. The number of halogens is 1. The van der Waals surface area contributed by atoms with Crippen LogP contribution in [0, 0.1) is 0 Å². The summed E-state index contributed by atoms with van der Waals surface area (Å²) in [5, 5.41) is 8.28. The average Bonchev–Trinajstić information content (AvgIpc) is 3.00. The molecule has 0 bridgehead atoms. The number of nitrogens with one attached hydrogen (secondary N) is 1. The molecule has 2 aromatic rings. The van der Waals surface area contributed by atoms with Gasteiger partial charge in [-0.05, 0) is 27.2 Å². The number of nitrogens with zero attached hydrogens (tertiary/aromatic N) is 3. The molecule has 2 rings (SSSR count). The van der Waals surface area contributed by atoms with E-state index >= 15 is 0 Å². The Hall–Kier alpha value is -1.30. The molecule has 0 spiro atoms. The van der Waals surface area contributed by atoms with E-state index in [1.165, 1.54) is 0 Å². The van der Waals surface area contributed by atoms with Gasteiger partial charge in [0.1, 0.15) is 0 Å². The molecule has 5 nitrogen and oxygen atoms in total. The summed E-state index contributed by atoms with van der Waals surface area (Å²) in [6, 6.07) is 1.91. The highest BCUT2D eigenvalue weighted by Gasteiger charge is 2.21. The van der Waals surface area contributed by atoms with E-state index in [4.69, 9.17) is 16.0 Å². The summed E-state index contributed by atoms with van der Waals surface area (Å²) in [5.74, 6) is 0. The molecule has 0 aliphatic carbocycles. The third-order valence-electron chi connectivity index (χ3n) is 3.03. The van der Waals surface area contributed by atoms with Crippen LogP contribution in [0.4, 0.5) is 0 Å². The van der Waals surface area contributed by atoms with Crippen molar-refractivity contribution in [1.82, 2.24) is 20.0 Å². The number of hydrogen-bond donors (Lipinski definition) is 1. The van der Waals surface area contributed by atoms with Crippen LogP contribution < -0.4 is 5.32 Å². The van der Waals surface area contributed by atoms with Gasteiger partial charge in [0.25, 0.3) is 0 Å². The summed E-state index contributed by atoms with van der Waals surface area (Å²) in [6.07, 6.45) is 5.08. The first-order chi connectivity index (χ1) is 9.13. The van der Waals surface area contributed by atoms with Crippen LogP contribution in [0.3, 0.4) is 0 Å². The van der Waals surface area contributed by atoms with Crippen molar-refractivity contribution in [1.29, 1.82) is 0 Å². The third kappa shape index (κ3) is 3.18. The second kappa shape index (κ2) is 6.23. The maximum atomic E-state index is 6.28. The Kier molecular flexibility index (Phi) is 4.63. The van der Waals surface area contributed by atoms with Crippen LogP contribution in [0.25, 0.3) is 0 Å². The van der Waals surface area contributed by atoms with Crippen molar-refractivity contribution in [2.75, 3.05) is 27.7 Å². The monoisotopic (exact) mass is 282 g/mol. The lowest BCUT2D eigenvalue weighted by atomic mass is 10.1. The lowest BCUT2D eigenvalue weighted by Crippen LogP contribution is -2.25. The zero-order chi connectivity index (χ0) is 13.8. The second-order valence-electron chi connectivity index (χ2n) is 4.68. The van der Waals surface area contributed by atoms with Gasteiger partial charge in [0.05, 0.1) is 42.0 Å². The van der Waals surface area contributed by atoms with E-state index in [1.807, 2.05) is 31.9 Å². The molecule has 0 saturated heterocycles. The van der Waals surface area contributed by atoms with E-state index in [0.717, 1.165) is 24.3 Å². The molecule has 19 heavy (non-hydrogen) atoms. The van der Waals surface area contributed by atoms with E-state index in [9.17, 15) is 0 Å². The lowest BCUT2D eigenvalue weighted by molar-refractivity contribution is 0.366. The minimum Gasteiger partial charge on any atom is -0.472 e. The lowest BCUT2D eigenvalue weighted by Gasteiger charge is -2.18. The van der Waals surface area contributed by atoms with Crippen LogP contribution in [-0.4, -0.2) is 42.4 Å². The molecule has 0 fully saturated rings. The zero-order valence-corrected chi connectivity index (χ0v) is 12.2. The number of rotatable bonds is 6. The Morgan fingerprint density at radius 3 is 2.89 bits per heavy atom. The standard InChI is InChI=1S/C13H19ClN4O/c1-15-12(10-4-7-19-9-10)13-11(14)8-16-18(13)6-5-17(2)3/h4,7-9,12,15H,5-6H2,1-3H3. The molecule has 1 atom stereocenters. The van der Waals surface area contributed by atoms with E-state index in [2.05, 4.69) is 15.3 Å². The molecule has 0 aliphatic heterocycles. The molecular formula is C13H19ClN4O. The van der Waals surface area contributed by atoms with E-state index in [1.54, 1.807) is 18.7 Å². The summed E-state index contributed by atoms with van der Waals surface area (Å²) in [5.41, 5.74) is 2.00. The van der Waals surface area contributed by atoms with E-state index < -0.39 is 0 Å². The van der Waals surface area contributed by atoms with Crippen LogP contribution in [0.1, 0.15) is 17.3 Å². The van der Waals surface area contributed by atoms with Crippen molar-refractivity contribution in [2.45, 2.75) is 12.6 Å². The van der Waals surface area contributed by atoms with Gasteiger partial charge in [-0.2, -0.15) is 5.10 Å². The smallest absolute Gasteiger partial charge is 0.0954 e. The Morgan fingerprint density at radius 1 is 1.53 bits per heavy atom. The molecule has 0 aliphatic rings. The van der Waals surface area contributed by atoms with Gasteiger partial charge in [-0.25, -0.2) is 0 Å². The van der Waals surface area contributed by atoms with Crippen molar-refractivity contribution in [3.63, 3.8) is 0 Å².